The Morgan fingerprint density at radius 1 is 1.04 bits per heavy atom. The maximum atomic E-state index is 9.36. The van der Waals surface area contributed by atoms with Crippen LogP contribution in [0.2, 0.25) is 0 Å². The first kappa shape index (κ1) is 18.8. The van der Waals surface area contributed by atoms with Gasteiger partial charge in [0.1, 0.15) is 6.07 Å². The molecule has 0 amide bonds. The molecule has 3 rings (SSSR count). The van der Waals surface area contributed by atoms with E-state index in [0.717, 1.165) is 29.8 Å². The van der Waals surface area contributed by atoms with E-state index in [1.807, 2.05) is 26.0 Å². The maximum absolute atomic E-state index is 9.36. The van der Waals surface area contributed by atoms with Gasteiger partial charge < -0.3 is 14.2 Å². The van der Waals surface area contributed by atoms with Gasteiger partial charge in [-0.2, -0.15) is 5.26 Å². The topological polar surface area (TPSA) is 45.5 Å². The molecule has 2 saturated heterocycles. The van der Waals surface area contributed by atoms with Crippen molar-refractivity contribution in [3.05, 3.63) is 23.8 Å². The van der Waals surface area contributed by atoms with Crippen LogP contribution in [0, 0.1) is 11.3 Å². The fourth-order valence-electron chi connectivity index (χ4n) is 2.99. The number of nitrogens with zero attached hydrogens (tertiary/aromatic N) is 2. The summed E-state index contributed by atoms with van der Waals surface area (Å²) < 4.78 is 12.2. The van der Waals surface area contributed by atoms with Crippen molar-refractivity contribution in [2.24, 2.45) is 0 Å². The van der Waals surface area contributed by atoms with Crippen LogP contribution in [0.5, 0.6) is 0 Å². The van der Waals surface area contributed by atoms with Gasteiger partial charge in [-0.15, -0.1) is 0 Å². The lowest BCUT2D eigenvalue weighted by molar-refractivity contribution is 0.00578. The Kier molecular flexibility index (Phi) is 5.62. The number of hydrogen-bond donors (Lipinski definition) is 0. The normalized spacial score (nSPS) is 21.2. The number of benzene rings is 1. The van der Waals surface area contributed by atoms with Crippen molar-refractivity contribution in [2.75, 3.05) is 18.0 Å². The largest absolute Gasteiger partial charge is 0.494 e. The second kappa shape index (κ2) is 7.17. The van der Waals surface area contributed by atoms with Crippen LogP contribution in [0.1, 0.15) is 59.9 Å². The van der Waals surface area contributed by atoms with Crippen LogP contribution < -0.4 is 10.4 Å². The SMILES string of the molecule is CC.CC1(C)OB(c2ccc(C#N)c(N3CCCC3)c2)OC1(C)C. The van der Waals surface area contributed by atoms with E-state index in [9.17, 15) is 5.26 Å². The van der Waals surface area contributed by atoms with E-state index in [4.69, 9.17) is 9.31 Å². The molecule has 1 aromatic rings. The quantitative estimate of drug-likeness (QED) is 0.780. The van der Waals surface area contributed by atoms with Gasteiger partial charge in [0.05, 0.1) is 22.5 Å². The second-order valence-corrected chi connectivity index (χ2v) is 7.17. The molecule has 0 radical (unpaired) electrons. The standard InChI is InChI=1S/C17H23BN2O2.C2H6/c1-16(2)17(3,4)22-18(21-16)14-8-7-13(12-19)15(11-14)20-9-5-6-10-20;1-2/h7-8,11H,5-6,9-10H2,1-4H3;1-2H3. The zero-order valence-electron chi connectivity index (χ0n) is 15.8. The van der Waals surface area contributed by atoms with Gasteiger partial charge in [0.15, 0.2) is 0 Å². The highest BCUT2D eigenvalue weighted by atomic mass is 16.7. The summed E-state index contributed by atoms with van der Waals surface area (Å²) >= 11 is 0. The molecule has 0 bridgehead atoms. The second-order valence-electron chi connectivity index (χ2n) is 7.17. The molecule has 2 aliphatic heterocycles. The number of rotatable bonds is 2. The van der Waals surface area contributed by atoms with E-state index in [0.29, 0.717) is 0 Å². The lowest BCUT2D eigenvalue weighted by Crippen LogP contribution is -2.41. The predicted octanol–water partition coefficient (Wildman–Crippen LogP) is 3.48. The third kappa shape index (κ3) is 3.45. The molecular weight excluding hydrogens is 299 g/mol. The zero-order valence-corrected chi connectivity index (χ0v) is 15.8. The molecule has 0 unspecified atom stereocenters. The minimum absolute atomic E-state index is 0.348. The molecule has 0 N–H and O–H groups in total. The van der Waals surface area contributed by atoms with Crippen LogP contribution >= 0.6 is 0 Å². The first-order valence-corrected chi connectivity index (χ1v) is 8.99. The van der Waals surface area contributed by atoms with E-state index in [2.05, 4.69) is 44.7 Å². The molecule has 24 heavy (non-hydrogen) atoms. The number of anilines is 1. The third-order valence-corrected chi connectivity index (χ3v) is 5.11. The van der Waals surface area contributed by atoms with E-state index in [1.165, 1.54) is 12.8 Å². The fourth-order valence-corrected chi connectivity index (χ4v) is 2.99. The Morgan fingerprint density at radius 3 is 2.08 bits per heavy atom. The lowest BCUT2D eigenvalue weighted by atomic mass is 9.78. The average molecular weight is 328 g/mol. The average Bonchev–Trinajstić information content (AvgIpc) is 3.15. The van der Waals surface area contributed by atoms with Gasteiger partial charge in [-0.1, -0.05) is 19.9 Å². The minimum Gasteiger partial charge on any atom is -0.399 e. The predicted molar refractivity (Wildman–Crippen MR) is 99.7 cm³/mol. The molecule has 0 aromatic heterocycles. The molecule has 2 heterocycles. The first-order valence-electron chi connectivity index (χ1n) is 8.99. The molecule has 4 nitrogen and oxygen atoms in total. The van der Waals surface area contributed by atoms with Crippen molar-refractivity contribution in [3.8, 4) is 6.07 Å². The van der Waals surface area contributed by atoms with Gasteiger partial charge in [-0.3, -0.25) is 0 Å². The highest BCUT2D eigenvalue weighted by Gasteiger charge is 2.51. The lowest BCUT2D eigenvalue weighted by Gasteiger charge is -2.32. The van der Waals surface area contributed by atoms with Crippen LogP contribution in [0.15, 0.2) is 18.2 Å². The van der Waals surface area contributed by atoms with E-state index >= 15 is 0 Å². The first-order chi connectivity index (χ1) is 11.3. The smallest absolute Gasteiger partial charge is 0.399 e. The summed E-state index contributed by atoms with van der Waals surface area (Å²) in [6, 6.07) is 8.19. The minimum atomic E-state index is -0.376. The Morgan fingerprint density at radius 2 is 1.58 bits per heavy atom. The van der Waals surface area contributed by atoms with Gasteiger partial charge in [0.25, 0.3) is 0 Å². The van der Waals surface area contributed by atoms with Crippen LogP contribution in [0.3, 0.4) is 0 Å². The van der Waals surface area contributed by atoms with Crippen molar-refractivity contribution < 1.29 is 9.31 Å². The summed E-state index contributed by atoms with van der Waals surface area (Å²) in [7, 11) is -0.376. The van der Waals surface area contributed by atoms with Crippen molar-refractivity contribution in [1.29, 1.82) is 5.26 Å². The van der Waals surface area contributed by atoms with Crippen molar-refractivity contribution in [1.82, 2.24) is 0 Å². The monoisotopic (exact) mass is 328 g/mol. The van der Waals surface area contributed by atoms with Gasteiger partial charge in [0, 0.05) is 13.1 Å². The van der Waals surface area contributed by atoms with Crippen molar-refractivity contribution in [2.45, 2.75) is 65.6 Å². The number of nitriles is 1. The Balaban J connectivity index is 0.00000100. The summed E-state index contributed by atoms with van der Waals surface area (Å²) in [6.45, 7) is 14.2. The van der Waals surface area contributed by atoms with Gasteiger partial charge >= 0.3 is 7.12 Å². The van der Waals surface area contributed by atoms with Crippen LogP contribution in [0.25, 0.3) is 0 Å². The van der Waals surface area contributed by atoms with Crippen LogP contribution in [-0.4, -0.2) is 31.4 Å². The van der Waals surface area contributed by atoms with Crippen molar-refractivity contribution >= 4 is 18.3 Å². The molecule has 130 valence electrons. The molecule has 5 heteroatoms. The molecule has 1 aromatic carbocycles. The maximum Gasteiger partial charge on any atom is 0.494 e. The third-order valence-electron chi connectivity index (χ3n) is 5.11. The molecule has 0 spiro atoms. The van der Waals surface area contributed by atoms with Crippen molar-refractivity contribution in [3.63, 3.8) is 0 Å². The molecule has 2 aliphatic rings. The van der Waals surface area contributed by atoms with E-state index < -0.39 is 0 Å². The zero-order chi connectivity index (χ0) is 18.0. The highest BCUT2D eigenvalue weighted by molar-refractivity contribution is 6.62. The highest BCUT2D eigenvalue weighted by Crippen LogP contribution is 2.37. The fraction of sp³-hybridized carbons (Fsp3) is 0.632. The van der Waals surface area contributed by atoms with Gasteiger partial charge in [0.2, 0.25) is 0 Å². The molecular formula is C19H29BN2O2. The summed E-state index contributed by atoms with van der Waals surface area (Å²) in [5.41, 5.74) is 2.02. The Bertz CT molecular complexity index is 600. The molecule has 0 aliphatic carbocycles. The van der Waals surface area contributed by atoms with Gasteiger partial charge in [-0.25, -0.2) is 0 Å². The molecule has 2 fully saturated rings. The molecule has 0 atom stereocenters. The van der Waals surface area contributed by atoms with Gasteiger partial charge in [-0.05, 0) is 58.1 Å². The molecule has 0 saturated carbocycles. The van der Waals surface area contributed by atoms with E-state index in [1.54, 1.807) is 0 Å². The van der Waals surface area contributed by atoms with Crippen LogP contribution in [0.4, 0.5) is 5.69 Å². The van der Waals surface area contributed by atoms with E-state index in [-0.39, 0.29) is 18.3 Å². The summed E-state index contributed by atoms with van der Waals surface area (Å²) in [5.74, 6) is 0. The Hall–Kier alpha value is -1.51. The summed E-state index contributed by atoms with van der Waals surface area (Å²) in [4.78, 5) is 2.29. The van der Waals surface area contributed by atoms with Crippen LogP contribution in [-0.2, 0) is 9.31 Å². The summed E-state index contributed by atoms with van der Waals surface area (Å²) in [6.07, 6.45) is 2.37. The summed E-state index contributed by atoms with van der Waals surface area (Å²) in [5, 5.41) is 9.36. The Labute approximate surface area is 146 Å². The number of hydrogen-bond acceptors (Lipinski definition) is 4.